The number of ether oxygens (including phenoxy) is 2. The average Bonchev–Trinajstić information content (AvgIpc) is 2.23. The van der Waals surface area contributed by atoms with Crippen molar-refractivity contribution in [2.24, 2.45) is 0 Å². The molecule has 1 aromatic carbocycles. The molecule has 3 nitrogen and oxygen atoms in total. The number of hydrogen-bond donors (Lipinski definition) is 0. The van der Waals surface area contributed by atoms with Gasteiger partial charge in [-0.25, -0.2) is 0 Å². The highest BCUT2D eigenvalue weighted by Gasteiger charge is 2.17. The molecule has 0 bridgehead atoms. The van der Waals surface area contributed by atoms with E-state index in [4.69, 9.17) is 21.1 Å². The zero-order valence-corrected chi connectivity index (χ0v) is 9.45. The van der Waals surface area contributed by atoms with Crippen molar-refractivity contribution >= 4 is 17.4 Å². The minimum atomic E-state index is -0.818. The first kappa shape index (κ1) is 12.2. The molecular weight excluding hydrogens is 216 g/mol. The fourth-order valence-electron chi connectivity index (χ4n) is 1.27. The van der Waals surface area contributed by atoms with Crippen LogP contribution < -0.4 is 0 Å². The smallest absolute Gasteiger partial charge is 0.217 e. The van der Waals surface area contributed by atoms with Crippen molar-refractivity contribution in [1.29, 1.82) is 0 Å². The largest absolute Gasteiger partial charge is 0.349 e. The molecule has 4 heteroatoms. The predicted molar refractivity (Wildman–Crippen MR) is 58.0 cm³/mol. The molecular formula is C11H13ClO3. The van der Waals surface area contributed by atoms with Crippen molar-refractivity contribution in [3.05, 3.63) is 34.9 Å². The van der Waals surface area contributed by atoms with Crippen LogP contribution in [-0.2, 0) is 20.7 Å². The Hall–Kier alpha value is -0.900. The minimum Gasteiger partial charge on any atom is -0.349 e. The molecule has 0 aliphatic rings. The van der Waals surface area contributed by atoms with E-state index in [2.05, 4.69) is 0 Å². The monoisotopic (exact) mass is 228 g/mol. The summed E-state index contributed by atoms with van der Waals surface area (Å²) in [7, 11) is 2.86. The van der Waals surface area contributed by atoms with Crippen LogP contribution >= 0.6 is 11.6 Å². The molecule has 0 aliphatic heterocycles. The summed E-state index contributed by atoms with van der Waals surface area (Å²) in [5, 5.41) is 0.580. The summed E-state index contributed by atoms with van der Waals surface area (Å²) >= 11 is 5.93. The van der Waals surface area contributed by atoms with Gasteiger partial charge in [-0.3, -0.25) is 4.79 Å². The van der Waals surface area contributed by atoms with E-state index < -0.39 is 6.29 Å². The first-order valence-electron chi connectivity index (χ1n) is 4.50. The molecule has 0 amide bonds. The van der Waals surface area contributed by atoms with E-state index in [1.165, 1.54) is 14.2 Å². The van der Waals surface area contributed by atoms with E-state index in [0.717, 1.165) is 5.56 Å². The van der Waals surface area contributed by atoms with Gasteiger partial charge in [-0.2, -0.15) is 0 Å². The van der Waals surface area contributed by atoms with Gasteiger partial charge in [0.15, 0.2) is 5.78 Å². The molecule has 0 aromatic heterocycles. The summed E-state index contributed by atoms with van der Waals surface area (Å²) in [6.45, 7) is 0. The van der Waals surface area contributed by atoms with E-state index in [1.54, 1.807) is 6.07 Å². The quantitative estimate of drug-likeness (QED) is 0.724. The van der Waals surface area contributed by atoms with Crippen molar-refractivity contribution in [1.82, 2.24) is 0 Å². The fourth-order valence-corrected chi connectivity index (χ4v) is 1.47. The van der Waals surface area contributed by atoms with Crippen LogP contribution in [0.3, 0.4) is 0 Å². The number of rotatable bonds is 5. The van der Waals surface area contributed by atoms with Gasteiger partial charge in [0.05, 0.1) is 0 Å². The van der Waals surface area contributed by atoms with Crippen LogP contribution in [0.15, 0.2) is 24.3 Å². The van der Waals surface area contributed by atoms with Gasteiger partial charge in [0.1, 0.15) is 0 Å². The Morgan fingerprint density at radius 3 is 2.47 bits per heavy atom. The van der Waals surface area contributed by atoms with E-state index in [0.29, 0.717) is 5.02 Å². The van der Waals surface area contributed by atoms with Gasteiger partial charge in [-0.1, -0.05) is 29.8 Å². The summed E-state index contributed by atoms with van der Waals surface area (Å²) in [5.41, 5.74) is 0.781. The van der Waals surface area contributed by atoms with Gasteiger partial charge in [0.2, 0.25) is 6.29 Å². The van der Waals surface area contributed by atoms with Crippen LogP contribution in [0.5, 0.6) is 0 Å². The Labute approximate surface area is 93.9 Å². The van der Waals surface area contributed by atoms with E-state index >= 15 is 0 Å². The summed E-state index contributed by atoms with van der Waals surface area (Å²) in [6, 6.07) is 7.21. The van der Waals surface area contributed by atoms with E-state index in [9.17, 15) is 4.79 Å². The Balaban J connectivity index is 2.70. The third kappa shape index (κ3) is 3.30. The highest BCUT2D eigenvalue weighted by molar-refractivity contribution is 6.31. The van der Waals surface area contributed by atoms with Crippen molar-refractivity contribution in [3.63, 3.8) is 0 Å². The zero-order valence-electron chi connectivity index (χ0n) is 8.70. The maximum absolute atomic E-state index is 11.6. The van der Waals surface area contributed by atoms with Gasteiger partial charge >= 0.3 is 0 Å². The standard InChI is InChI=1S/C11H13ClO3/c1-14-11(15-2)10(13)7-8-5-3-4-6-9(8)12/h3-6,11H,7H2,1-2H3. The topological polar surface area (TPSA) is 35.5 Å². The highest BCUT2D eigenvalue weighted by Crippen LogP contribution is 2.16. The summed E-state index contributed by atoms with van der Waals surface area (Å²) in [6.07, 6.45) is -0.604. The lowest BCUT2D eigenvalue weighted by molar-refractivity contribution is -0.155. The first-order chi connectivity index (χ1) is 7.19. The Kier molecular flexibility index (Phi) is 4.75. The second-order valence-electron chi connectivity index (χ2n) is 3.04. The third-order valence-electron chi connectivity index (χ3n) is 2.01. The Bertz CT molecular complexity index is 334. The fraction of sp³-hybridized carbons (Fsp3) is 0.364. The van der Waals surface area contributed by atoms with E-state index in [-0.39, 0.29) is 12.2 Å². The van der Waals surface area contributed by atoms with Crippen molar-refractivity contribution in [3.8, 4) is 0 Å². The number of carbonyl (C=O) groups excluding carboxylic acids is 1. The van der Waals surface area contributed by atoms with Gasteiger partial charge < -0.3 is 9.47 Å². The van der Waals surface area contributed by atoms with Crippen LogP contribution in [0, 0.1) is 0 Å². The lowest BCUT2D eigenvalue weighted by Gasteiger charge is -2.12. The van der Waals surface area contributed by atoms with Gasteiger partial charge in [0, 0.05) is 25.7 Å². The van der Waals surface area contributed by atoms with Crippen molar-refractivity contribution in [2.75, 3.05) is 14.2 Å². The van der Waals surface area contributed by atoms with Crippen LogP contribution in [0.25, 0.3) is 0 Å². The number of carbonyl (C=O) groups is 1. The molecule has 0 spiro atoms. The maximum Gasteiger partial charge on any atom is 0.217 e. The lowest BCUT2D eigenvalue weighted by atomic mass is 10.1. The zero-order chi connectivity index (χ0) is 11.3. The van der Waals surface area contributed by atoms with Crippen LogP contribution in [-0.4, -0.2) is 26.3 Å². The minimum absolute atomic E-state index is 0.145. The molecule has 0 saturated carbocycles. The Morgan fingerprint density at radius 2 is 1.93 bits per heavy atom. The number of benzene rings is 1. The van der Waals surface area contributed by atoms with Crippen LogP contribution in [0.4, 0.5) is 0 Å². The maximum atomic E-state index is 11.6. The number of methoxy groups -OCH3 is 2. The predicted octanol–water partition coefficient (Wildman–Crippen LogP) is 2.07. The molecule has 82 valence electrons. The highest BCUT2D eigenvalue weighted by atomic mass is 35.5. The summed E-state index contributed by atoms with van der Waals surface area (Å²) in [5.74, 6) is -0.145. The molecule has 0 aliphatic carbocycles. The number of Topliss-reactive ketones (excluding diaryl/α,β-unsaturated/α-hetero) is 1. The summed E-state index contributed by atoms with van der Waals surface area (Å²) in [4.78, 5) is 11.6. The first-order valence-corrected chi connectivity index (χ1v) is 4.88. The van der Waals surface area contributed by atoms with Gasteiger partial charge in [-0.05, 0) is 11.6 Å². The van der Waals surface area contributed by atoms with Gasteiger partial charge in [0.25, 0.3) is 0 Å². The molecule has 1 aromatic rings. The molecule has 0 saturated heterocycles. The van der Waals surface area contributed by atoms with Crippen LogP contribution in [0.2, 0.25) is 5.02 Å². The average molecular weight is 229 g/mol. The van der Waals surface area contributed by atoms with E-state index in [1.807, 2.05) is 18.2 Å². The molecule has 0 unspecified atom stereocenters. The van der Waals surface area contributed by atoms with Crippen molar-refractivity contribution in [2.45, 2.75) is 12.7 Å². The molecule has 0 radical (unpaired) electrons. The molecule has 0 atom stereocenters. The lowest BCUT2D eigenvalue weighted by Crippen LogP contribution is -2.26. The molecule has 0 fully saturated rings. The molecule has 15 heavy (non-hydrogen) atoms. The molecule has 0 N–H and O–H groups in total. The normalized spacial score (nSPS) is 10.7. The molecule has 0 heterocycles. The summed E-state index contributed by atoms with van der Waals surface area (Å²) < 4.78 is 9.72. The van der Waals surface area contributed by atoms with Crippen molar-refractivity contribution < 1.29 is 14.3 Å². The third-order valence-corrected chi connectivity index (χ3v) is 2.38. The SMILES string of the molecule is COC(OC)C(=O)Cc1ccccc1Cl. The van der Waals surface area contributed by atoms with Gasteiger partial charge in [-0.15, -0.1) is 0 Å². The van der Waals surface area contributed by atoms with Crippen LogP contribution in [0.1, 0.15) is 5.56 Å². The number of hydrogen-bond acceptors (Lipinski definition) is 3. The number of halogens is 1. The second kappa shape index (κ2) is 5.85. The molecule has 1 rings (SSSR count). The number of ketones is 1. The second-order valence-corrected chi connectivity index (χ2v) is 3.45. The Morgan fingerprint density at radius 1 is 1.33 bits per heavy atom.